The molecule has 0 aliphatic carbocycles. The number of halogens is 2. The first-order chi connectivity index (χ1) is 9.60. The van der Waals surface area contributed by atoms with E-state index in [1.54, 1.807) is 0 Å². The maximum atomic E-state index is 13.6. The highest BCUT2D eigenvalue weighted by Gasteiger charge is 2.13. The topological polar surface area (TPSA) is 38.0 Å². The Morgan fingerprint density at radius 1 is 1.05 bits per heavy atom. The van der Waals surface area contributed by atoms with Gasteiger partial charge >= 0.3 is 0 Å². The second-order valence-corrected chi connectivity index (χ2v) is 4.93. The Bertz CT molecular complexity index is 584. The van der Waals surface area contributed by atoms with Gasteiger partial charge in [-0.25, -0.2) is 8.78 Å². The lowest BCUT2D eigenvalue weighted by Crippen LogP contribution is -2.38. The predicted molar refractivity (Wildman–Crippen MR) is 76.1 cm³/mol. The largest absolute Gasteiger partial charge is 0.271 e. The zero-order valence-corrected chi connectivity index (χ0v) is 11.4. The van der Waals surface area contributed by atoms with Gasteiger partial charge < -0.3 is 0 Å². The first-order valence-corrected chi connectivity index (χ1v) is 6.54. The Morgan fingerprint density at radius 3 is 2.45 bits per heavy atom. The smallest absolute Gasteiger partial charge is 0.126 e. The third-order valence-electron chi connectivity index (χ3n) is 3.44. The van der Waals surface area contributed by atoms with E-state index in [2.05, 4.69) is 5.43 Å². The SMILES string of the molecule is Cc1ccccc1CC(Cc1cc(F)ccc1F)NN. The van der Waals surface area contributed by atoms with Gasteiger partial charge in [-0.1, -0.05) is 24.3 Å². The van der Waals surface area contributed by atoms with E-state index >= 15 is 0 Å². The molecule has 0 aliphatic rings. The maximum Gasteiger partial charge on any atom is 0.126 e. The molecule has 2 nitrogen and oxygen atoms in total. The van der Waals surface area contributed by atoms with E-state index in [4.69, 9.17) is 5.84 Å². The van der Waals surface area contributed by atoms with Gasteiger partial charge in [-0.2, -0.15) is 0 Å². The van der Waals surface area contributed by atoms with Crippen LogP contribution in [-0.2, 0) is 12.8 Å². The Labute approximate surface area is 117 Å². The summed E-state index contributed by atoms with van der Waals surface area (Å²) in [6, 6.07) is 11.3. The van der Waals surface area contributed by atoms with Crippen molar-refractivity contribution in [1.82, 2.24) is 5.43 Å². The molecule has 106 valence electrons. The summed E-state index contributed by atoms with van der Waals surface area (Å²) in [5.41, 5.74) is 5.32. The van der Waals surface area contributed by atoms with E-state index in [1.807, 2.05) is 31.2 Å². The molecule has 0 saturated carbocycles. The standard InChI is InChI=1S/C16H18F2N2/c1-11-4-2-3-5-12(11)9-15(20-19)10-13-8-14(17)6-7-16(13)18/h2-8,15,20H,9-10,19H2,1H3. The Morgan fingerprint density at radius 2 is 1.75 bits per heavy atom. The summed E-state index contributed by atoms with van der Waals surface area (Å²) < 4.78 is 26.8. The van der Waals surface area contributed by atoms with Crippen molar-refractivity contribution in [3.8, 4) is 0 Å². The van der Waals surface area contributed by atoms with E-state index in [9.17, 15) is 8.78 Å². The first kappa shape index (κ1) is 14.6. The lowest BCUT2D eigenvalue weighted by atomic mass is 9.96. The quantitative estimate of drug-likeness (QED) is 0.651. The molecule has 1 atom stereocenters. The molecule has 2 aromatic carbocycles. The molecule has 0 bridgehead atoms. The Balaban J connectivity index is 2.13. The summed E-state index contributed by atoms with van der Waals surface area (Å²) in [6.07, 6.45) is 1.01. The van der Waals surface area contributed by atoms with Gasteiger partial charge in [-0.15, -0.1) is 0 Å². The number of hydrogen-bond acceptors (Lipinski definition) is 2. The molecule has 2 aromatic rings. The number of rotatable bonds is 5. The normalized spacial score (nSPS) is 12.4. The van der Waals surface area contributed by atoms with Crippen molar-refractivity contribution in [1.29, 1.82) is 0 Å². The summed E-state index contributed by atoms with van der Waals surface area (Å²) in [5.74, 6) is 4.70. The monoisotopic (exact) mass is 276 g/mol. The average molecular weight is 276 g/mol. The van der Waals surface area contributed by atoms with Gasteiger partial charge in [0.05, 0.1) is 0 Å². The first-order valence-electron chi connectivity index (χ1n) is 6.54. The molecule has 0 amide bonds. The maximum absolute atomic E-state index is 13.6. The van der Waals surface area contributed by atoms with Gasteiger partial charge in [0.2, 0.25) is 0 Å². The molecule has 0 saturated heterocycles. The second-order valence-electron chi connectivity index (χ2n) is 4.93. The van der Waals surface area contributed by atoms with Crippen molar-refractivity contribution < 1.29 is 8.78 Å². The summed E-state index contributed by atoms with van der Waals surface area (Å²) in [7, 11) is 0. The minimum Gasteiger partial charge on any atom is -0.271 e. The van der Waals surface area contributed by atoms with Crippen molar-refractivity contribution in [2.75, 3.05) is 0 Å². The highest BCUT2D eigenvalue weighted by Crippen LogP contribution is 2.15. The summed E-state index contributed by atoms with van der Waals surface area (Å²) in [4.78, 5) is 0. The van der Waals surface area contributed by atoms with Gasteiger partial charge in [-0.05, 0) is 54.7 Å². The molecule has 0 spiro atoms. The van der Waals surface area contributed by atoms with Crippen LogP contribution in [0.2, 0.25) is 0 Å². The fraction of sp³-hybridized carbons (Fsp3) is 0.250. The van der Waals surface area contributed by atoms with E-state index in [0.29, 0.717) is 18.4 Å². The van der Waals surface area contributed by atoms with Crippen LogP contribution in [0, 0.1) is 18.6 Å². The van der Waals surface area contributed by atoms with Crippen LogP contribution < -0.4 is 11.3 Å². The minimum absolute atomic E-state index is 0.146. The molecule has 0 fully saturated rings. The van der Waals surface area contributed by atoms with Crippen LogP contribution in [-0.4, -0.2) is 6.04 Å². The number of hydrogen-bond donors (Lipinski definition) is 2. The van der Waals surface area contributed by atoms with Gasteiger partial charge in [0, 0.05) is 6.04 Å². The summed E-state index contributed by atoms with van der Waals surface area (Å²) >= 11 is 0. The van der Waals surface area contributed by atoms with Crippen LogP contribution >= 0.6 is 0 Å². The van der Waals surface area contributed by atoms with Crippen LogP contribution in [0.15, 0.2) is 42.5 Å². The lowest BCUT2D eigenvalue weighted by molar-refractivity contribution is 0.502. The number of nitrogens with one attached hydrogen (secondary N) is 1. The van der Waals surface area contributed by atoms with Crippen LogP contribution in [0.3, 0.4) is 0 Å². The average Bonchev–Trinajstić information content (AvgIpc) is 2.44. The molecular weight excluding hydrogens is 258 g/mol. The predicted octanol–water partition coefficient (Wildman–Crippen LogP) is 2.89. The molecule has 0 aromatic heterocycles. The van der Waals surface area contributed by atoms with Crippen molar-refractivity contribution in [2.45, 2.75) is 25.8 Å². The molecule has 0 heterocycles. The van der Waals surface area contributed by atoms with E-state index in [1.165, 1.54) is 6.07 Å². The van der Waals surface area contributed by atoms with Crippen LogP contribution in [0.1, 0.15) is 16.7 Å². The highest BCUT2D eigenvalue weighted by atomic mass is 19.1. The summed E-state index contributed by atoms with van der Waals surface area (Å²) in [5, 5.41) is 0. The Kier molecular flexibility index (Phi) is 4.82. The molecule has 4 heteroatoms. The van der Waals surface area contributed by atoms with Crippen molar-refractivity contribution in [2.24, 2.45) is 5.84 Å². The minimum atomic E-state index is -0.437. The van der Waals surface area contributed by atoms with Gasteiger partial charge in [0.1, 0.15) is 11.6 Å². The number of hydrazine groups is 1. The summed E-state index contributed by atoms with van der Waals surface area (Å²) in [6.45, 7) is 2.02. The van der Waals surface area contributed by atoms with E-state index in [-0.39, 0.29) is 6.04 Å². The van der Waals surface area contributed by atoms with Crippen LogP contribution in [0.5, 0.6) is 0 Å². The van der Waals surface area contributed by atoms with Crippen molar-refractivity contribution in [3.05, 3.63) is 70.8 Å². The molecule has 2 rings (SSSR count). The lowest BCUT2D eigenvalue weighted by Gasteiger charge is -2.17. The molecule has 1 unspecified atom stereocenters. The molecular formula is C16H18F2N2. The number of benzene rings is 2. The van der Waals surface area contributed by atoms with E-state index < -0.39 is 11.6 Å². The molecule has 0 radical (unpaired) electrons. The third kappa shape index (κ3) is 3.62. The molecule has 3 N–H and O–H groups in total. The van der Waals surface area contributed by atoms with Gasteiger partial charge in [-0.3, -0.25) is 11.3 Å². The van der Waals surface area contributed by atoms with Crippen LogP contribution in [0.4, 0.5) is 8.78 Å². The molecule has 0 aliphatic heterocycles. The third-order valence-corrected chi connectivity index (χ3v) is 3.44. The number of aryl methyl sites for hydroxylation is 1. The highest BCUT2D eigenvalue weighted by molar-refractivity contribution is 5.27. The fourth-order valence-electron chi connectivity index (χ4n) is 2.26. The molecule has 20 heavy (non-hydrogen) atoms. The van der Waals surface area contributed by atoms with Gasteiger partial charge in [0.15, 0.2) is 0 Å². The van der Waals surface area contributed by atoms with Crippen molar-refractivity contribution in [3.63, 3.8) is 0 Å². The number of nitrogens with two attached hydrogens (primary N) is 1. The zero-order valence-electron chi connectivity index (χ0n) is 11.4. The van der Waals surface area contributed by atoms with E-state index in [0.717, 1.165) is 23.3 Å². The van der Waals surface area contributed by atoms with Crippen LogP contribution in [0.25, 0.3) is 0 Å². The fourth-order valence-corrected chi connectivity index (χ4v) is 2.26. The zero-order chi connectivity index (χ0) is 14.5. The Hall–Kier alpha value is -1.78. The van der Waals surface area contributed by atoms with Crippen molar-refractivity contribution >= 4 is 0 Å². The van der Waals surface area contributed by atoms with Gasteiger partial charge in [0.25, 0.3) is 0 Å². The second kappa shape index (κ2) is 6.59.